The third-order valence-corrected chi connectivity index (χ3v) is 5.88. The van der Waals surface area contributed by atoms with Gasteiger partial charge in [-0.1, -0.05) is 42.5 Å². The van der Waals surface area contributed by atoms with Crippen LogP contribution in [0.4, 0.5) is 0 Å². The first-order valence-corrected chi connectivity index (χ1v) is 9.48. The van der Waals surface area contributed by atoms with Gasteiger partial charge >= 0.3 is 5.97 Å². The van der Waals surface area contributed by atoms with E-state index in [0.29, 0.717) is 5.56 Å². The minimum atomic E-state index is -0.480. The molecule has 0 aliphatic rings. The van der Waals surface area contributed by atoms with Crippen molar-refractivity contribution in [3.63, 3.8) is 0 Å². The summed E-state index contributed by atoms with van der Waals surface area (Å²) >= 11 is 0. The molecule has 0 unspecified atom stereocenters. The molecule has 0 aromatic heterocycles. The highest BCUT2D eigenvalue weighted by Gasteiger charge is 2.29. The van der Waals surface area contributed by atoms with E-state index in [4.69, 9.17) is 4.74 Å². The summed E-state index contributed by atoms with van der Waals surface area (Å²) in [6, 6.07) is 27.9. The predicted molar refractivity (Wildman–Crippen MR) is 102 cm³/mol. The Kier molecular flexibility index (Phi) is 5.87. The fraction of sp³-hybridized carbons (Fsp3) is 0.0909. The lowest BCUT2D eigenvalue weighted by Crippen LogP contribution is -2.12. The van der Waals surface area contributed by atoms with Gasteiger partial charge in [0.2, 0.25) is 0 Å². The van der Waals surface area contributed by atoms with Crippen molar-refractivity contribution in [1.29, 1.82) is 0 Å². The molecule has 3 aromatic carbocycles. The summed E-state index contributed by atoms with van der Waals surface area (Å²) < 4.78 is 5.05. The van der Waals surface area contributed by atoms with Crippen molar-refractivity contribution < 1.29 is 14.3 Å². The Bertz CT molecular complexity index is 852. The van der Waals surface area contributed by atoms with Crippen molar-refractivity contribution in [3.8, 4) is 0 Å². The van der Waals surface area contributed by atoms with E-state index >= 15 is 0 Å². The molecule has 0 aliphatic carbocycles. The number of ether oxygens (including phenoxy) is 1. The molecule has 0 atom stereocenters. The number of carbonyl (C=O) groups is 2. The van der Waals surface area contributed by atoms with Gasteiger partial charge in [-0.15, -0.1) is 0 Å². The van der Waals surface area contributed by atoms with Crippen molar-refractivity contribution >= 4 is 22.6 Å². The summed E-state index contributed by atoms with van der Waals surface area (Å²) in [5, 5.41) is 0. The Morgan fingerprint density at radius 1 is 0.769 bits per heavy atom. The minimum Gasteiger partial charge on any atom is -0.454 e. The molecular formula is C22H19O3S+. The monoisotopic (exact) mass is 363 g/mol. The van der Waals surface area contributed by atoms with Crippen LogP contribution in [0.1, 0.15) is 17.3 Å². The molecule has 3 rings (SSSR count). The minimum absolute atomic E-state index is 0.178. The maximum Gasteiger partial charge on any atom is 0.338 e. The van der Waals surface area contributed by atoms with E-state index in [9.17, 15) is 9.59 Å². The predicted octanol–water partition coefficient (Wildman–Crippen LogP) is 4.53. The van der Waals surface area contributed by atoms with E-state index < -0.39 is 5.97 Å². The van der Waals surface area contributed by atoms with Crippen molar-refractivity contribution in [2.24, 2.45) is 0 Å². The second-order valence-electron chi connectivity index (χ2n) is 5.74. The Labute approximate surface area is 156 Å². The highest BCUT2D eigenvalue weighted by atomic mass is 32.2. The van der Waals surface area contributed by atoms with Crippen LogP contribution >= 0.6 is 0 Å². The first-order valence-electron chi connectivity index (χ1n) is 8.26. The first-order chi connectivity index (χ1) is 12.6. The van der Waals surface area contributed by atoms with Gasteiger partial charge in [0.25, 0.3) is 0 Å². The number of hydrogen-bond donors (Lipinski definition) is 0. The standard InChI is InChI=1S/C22H19O3S/c1-17(23)16-25-22(24)18-9-8-14-21(15-18)26(19-10-4-2-5-11-19)20-12-6-3-7-13-20/h2-15H,16H2,1H3/q+1. The van der Waals surface area contributed by atoms with E-state index in [2.05, 4.69) is 24.3 Å². The second kappa shape index (κ2) is 8.50. The number of rotatable bonds is 6. The molecule has 26 heavy (non-hydrogen) atoms. The van der Waals surface area contributed by atoms with Crippen LogP contribution in [0.5, 0.6) is 0 Å². The van der Waals surface area contributed by atoms with Crippen LogP contribution in [0.25, 0.3) is 0 Å². The van der Waals surface area contributed by atoms with Gasteiger partial charge in [-0.25, -0.2) is 4.79 Å². The van der Waals surface area contributed by atoms with Gasteiger partial charge in [0, 0.05) is 6.07 Å². The average molecular weight is 363 g/mol. The molecule has 0 fully saturated rings. The zero-order valence-corrected chi connectivity index (χ0v) is 15.2. The van der Waals surface area contributed by atoms with Crippen molar-refractivity contribution in [2.75, 3.05) is 6.61 Å². The molecule has 3 aromatic rings. The van der Waals surface area contributed by atoms with Gasteiger partial charge in [0.1, 0.15) is 6.61 Å². The molecular weight excluding hydrogens is 344 g/mol. The number of benzene rings is 3. The summed E-state index contributed by atoms with van der Waals surface area (Å²) in [5.41, 5.74) is 0.452. The zero-order chi connectivity index (χ0) is 18.4. The molecule has 0 radical (unpaired) electrons. The third-order valence-electron chi connectivity index (χ3n) is 3.67. The van der Waals surface area contributed by atoms with E-state index in [1.165, 1.54) is 16.7 Å². The largest absolute Gasteiger partial charge is 0.454 e. The lowest BCUT2D eigenvalue weighted by atomic mass is 10.2. The van der Waals surface area contributed by atoms with Gasteiger partial charge in [0.05, 0.1) is 16.5 Å². The van der Waals surface area contributed by atoms with Crippen molar-refractivity contribution in [3.05, 3.63) is 90.5 Å². The summed E-state index contributed by atoms with van der Waals surface area (Å²) in [6.07, 6.45) is 0. The van der Waals surface area contributed by atoms with E-state index in [1.54, 1.807) is 6.07 Å². The first kappa shape index (κ1) is 18.0. The van der Waals surface area contributed by atoms with Gasteiger partial charge in [-0.05, 0) is 43.3 Å². The van der Waals surface area contributed by atoms with Crippen LogP contribution in [0.15, 0.2) is 99.6 Å². The molecule has 0 spiro atoms. The Balaban J connectivity index is 1.99. The number of carbonyl (C=O) groups excluding carboxylic acids is 2. The maximum atomic E-state index is 12.2. The highest BCUT2D eigenvalue weighted by Crippen LogP contribution is 2.31. The molecule has 130 valence electrons. The molecule has 0 saturated carbocycles. The van der Waals surface area contributed by atoms with Crippen LogP contribution in [-0.4, -0.2) is 18.4 Å². The zero-order valence-electron chi connectivity index (χ0n) is 14.4. The van der Waals surface area contributed by atoms with Gasteiger partial charge in [-0.3, -0.25) is 4.79 Å². The Hall–Kier alpha value is -2.85. The Morgan fingerprint density at radius 3 is 1.85 bits per heavy atom. The molecule has 0 N–H and O–H groups in total. The van der Waals surface area contributed by atoms with E-state index in [1.807, 2.05) is 54.6 Å². The highest BCUT2D eigenvalue weighted by molar-refractivity contribution is 7.97. The third kappa shape index (κ3) is 4.41. The Morgan fingerprint density at radius 2 is 1.31 bits per heavy atom. The summed E-state index contributed by atoms with van der Waals surface area (Å²) in [6.45, 7) is 1.19. The lowest BCUT2D eigenvalue weighted by Gasteiger charge is -2.09. The molecule has 3 nitrogen and oxygen atoms in total. The summed E-state index contributed by atoms with van der Waals surface area (Å²) in [4.78, 5) is 26.6. The smallest absolute Gasteiger partial charge is 0.338 e. The molecule has 0 bridgehead atoms. The van der Waals surface area contributed by atoms with Crippen molar-refractivity contribution in [2.45, 2.75) is 21.6 Å². The molecule has 4 heteroatoms. The quantitative estimate of drug-likeness (QED) is 0.477. The van der Waals surface area contributed by atoms with E-state index in [-0.39, 0.29) is 23.3 Å². The van der Waals surface area contributed by atoms with Crippen LogP contribution in [0, 0.1) is 0 Å². The number of hydrogen-bond acceptors (Lipinski definition) is 3. The summed E-state index contributed by atoms with van der Waals surface area (Å²) in [7, 11) is -0.329. The molecule has 0 heterocycles. The van der Waals surface area contributed by atoms with Gasteiger partial charge in [0.15, 0.2) is 20.5 Å². The van der Waals surface area contributed by atoms with Crippen LogP contribution < -0.4 is 0 Å². The normalized spacial score (nSPS) is 10.5. The van der Waals surface area contributed by atoms with Crippen LogP contribution in [0.2, 0.25) is 0 Å². The maximum absolute atomic E-state index is 12.2. The van der Waals surface area contributed by atoms with E-state index in [0.717, 1.165) is 4.90 Å². The average Bonchev–Trinajstić information content (AvgIpc) is 2.68. The molecule has 0 aliphatic heterocycles. The van der Waals surface area contributed by atoms with Gasteiger partial charge in [-0.2, -0.15) is 0 Å². The number of esters is 1. The number of Topliss-reactive ketones (excluding diaryl/α,β-unsaturated/α-hetero) is 1. The van der Waals surface area contributed by atoms with Crippen LogP contribution in [-0.2, 0) is 20.4 Å². The molecule has 0 saturated heterocycles. The lowest BCUT2D eigenvalue weighted by molar-refractivity contribution is -0.120. The summed E-state index contributed by atoms with van der Waals surface area (Å²) in [5.74, 6) is -0.658. The second-order valence-corrected chi connectivity index (χ2v) is 7.76. The fourth-order valence-corrected chi connectivity index (χ4v) is 4.66. The number of ketones is 1. The molecule has 0 amide bonds. The van der Waals surface area contributed by atoms with Crippen LogP contribution in [0.3, 0.4) is 0 Å². The fourth-order valence-electron chi connectivity index (χ4n) is 2.52. The van der Waals surface area contributed by atoms with Crippen molar-refractivity contribution in [1.82, 2.24) is 0 Å². The topological polar surface area (TPSA) is 43.4 Å². The van der Waals surface area contributed by atoms with Gasteiger partial charge < -0.3 is 4.74 Å². The SMILES string of the molecule is CC(=O)COC(=O)c1cccc([S+](c2ccccc2)c2ccccc2)c1.